The maximum absolute atomic E-state index is 2.46. The molecule has 0 aliphatic heterocycles. The smallest absolute Gasteiger partial charge is 0.0451 e. The molecule has 0 bridgehead atoms. The summed E-state index contributed by atoms with van der Waals surface area (Å²) in [6, 6.07) is 1.38. The molecular weight excluding hydrogens is 196 g/mol. The van der Waals surface area contributed by atoms with Gasteiger partial charge in [-0.25, -0.2) is 0 Å². The Kier molecular flexibility index (Phi) is 2.83. The molecule has 2 aliphatic rings. The summed E-state index contributed by atoms with van der Waals surface area (Å²) in [5.74, 6) is 1.27. The van der Waals surface area contributed by atoms with Crippen molar-refractivity contribution in [2.75, 3.05) is 0 Å². The lowest BCUT2D eigenvalue weighted by Gasteiger charge is -2.24. The van der Waals surface area contributed by atoms with Gasteiger partial charge in [0.2, 0.25) is 0 Å². The first-order chi connectivity index (χ1) is 7.06. The Balaban J connectivity index is 2.07. The molecule has 0 nitrogen and oxygen atoms in total. The van der Waals surface area contributed by atoms with Crippen molar-refractivity contribution in [1.82, 2.24) is 0 Å². The van der Waals surface area contributed by atoms with Gasteiger partial charge in [0.15, 0.2) is 0 Å². The van der Waals surface area contributed by atoms with E-state index in [2.05, 4.69) is 62.2 Å². The van der Waals surface area contributed by atoms with Crippen molar-refractivity contribution in [2.24, 2.45) is 11.8 Å². The van der Waals surface area contributed by atoms with E-state index in [0.29, 0.717) is 11.8 Å². The molecule has 0 spiro atoms. The molecule has 0 aromatic rings. The lowest BCUT2D eigenvalue weighted by atomic mass is 9.92. The summed E-state index contributed by atoms with van der Waals surface area (Å²) in [7, 11) is -0.955. The zero-order chi connectivity index (χ0) is 10.9. The van der Waals surface area contributed by atoms with Gasteiger partial charge in [-0.15, -0.1) is 0 Å². The third-order valence-electron chi connectivity index (χ3n) is 3.03. The first-order valence-corrected chi connectivity index (χ1v) is 9.50. The number of allylic oxidation sites excluding steroid dienone is 8. The molecule has 0 amide bonds. The molecule has 2 aliphatic carbocycles. The molecule has 0 saturated heterocycles. The lowest BCUT2D eigenvalue weighted by molar-refractivity contribution is 0.768. The highest BCUT2D eigenvalue weighted by molar-refractivity contribution is 6.76. The van der Waals surface area contributed by atoms with Gasteiger partial charge < -0.3 is 0 Å². The summed E-state index contributed by atoms with van der Waals surface area (Å²) in [5, 5.41) is 0. The fourth-order valence-corrected chi connectivity index (χ4v) is 4.08. The summed E-state index contributed by atoms with van der Waals surface area (Å²) >= 11 is 0. The summed E-state index contributed by atoms with van der Waals surface area (Å²) in [6.07, 6.45) is 15.9. The Morgan fingerprint density at radius 3 is 2.27 bits per heavy atom. The van der Waals surface area contributed by atoms with Crippen molar-refractivity contribution in [1.29, 1.82) is 0 Å². The van der Waals surface area contributed by atoms with Crippen molar-refractivity contribution in [3.63, 3.8) is 0 Å². The number of hydrogen-bond donors (Lipinski definition) is 0. The average molecular weight is 216 g/mol. The normalized spacial score (nSPS) is 25.3. The monoisotopic (exact) mass is 216 g/mol. The second kappa shape index (κ2) is 3.97. The standard InChI is InChI=1S/C14H20Si/c1-15(2,3)11-13-9-6-10-14(13)12-7-4-5-8-12/h4-10,12-13H,11H2,1-3H3. The molecule has 0 saturated carbocycles. The van der Waals surface area contributed by atoms with E-state index >= 15 is 0 Å². The zero-order valence-electron chi connectivity index (χ0n) is 9.90. The second-order valence-corrected chi connectivity index (χ2v) is 11.2. The Labute approximate surface area is 94.1 Å². The maximum Gasteiger partial charge on any atom is 0.0451 e. The molecular formula is C14H20Si. The van der Waals surface area contributed by atoms with Gasteiger partial charge in [-0.2, -0.15) is 0 Å². The van der Waals surface area contributed by atoms with Crippen LogP contribution in [0.5, 0.6) is 0 Å². The largest absolute Gasteiger partial charge is 0.0776 e. The van der Waals surface area contributed by atoms with E-state index < -0.39 is 8.07 Å². The zero-order valence-corrected chi connectivity index (χ0v) is 10.9. The van der Waals surface area contributed by atoms with E-state index in [0.717, 1.165) is 0 Å². The van der Waals surface area contributed by atoms with Gasteiger partial charge in [-0.05, 0) is 12.0 Å². The van der Waals surface area contributed by atoms with Crippen LogP contribution in [0.3, 0.4) is 0 Å². The minimum Gasteiger partial charge on any atom is -0.0776 e. The number of rotatable bonds is 3. The van der Waals surface area contributed by atoms with Crippen molar-refractivity contribution in [2.45, 2.75) is 25.7 Å². The van der Waals surface area contributed by atoms with Crippen LogP contribution in [0, 0.1) is 11.8 Å². The summed E-state index contributed by atoms with van der Waals surface area (Å²) in [6.45, 7) is 7.37. The van der Waals surface area contributed by atoms with Crippen LogP contribution in [-0.2, 0) is 0 Å². The quantitative estimate of drug-likeness (QED) is 0.621. The van der Waals surface area contributed by atoms with Crippen molar-refractivity contribution in [3.05, 3.63) is 48.1 Å². The summed E-state index contributed by atoms with van der Waals surface area (Å²) < 4.78 is 0. The molecule has 0 aromatic carbocycles. The molecule has 0 aromatic heterocycles. The highest BCUT2D eigenvalue weighted by Crippen LogP contribution is 2.35. The summed E-state index contributed by atoms with van der Waals surface area (Å²) in [4.78, 5) is 0. The Bertz CT molecular complexity index is 338. The Hall–Kier alpha value is -0.823. The molecule has 1 atom stereocenters. The predicted octanol–water partition coefficient (Wildman–Crippen LogP) is 4.18. The minimum atomic E-state index is -0.955. The molecule has 2 rings (SSSR count). The lowest BCUT2D eigenvalue weighted by Crippen LogP contribution is -2.24. The van der Waals surface area contributed by atoms with Crippen LogP contribution in [0.15, 0.2) is 48.1 Å². The van der Waals surface area contributed by atoms with Gasteiger partial charge in [0, 0.05) is 14.0 Å². The van der Waals surface area contributed by atoms with E-state index in [9.17, 15) is 0 Å². The van der Waals surface area contributed by atoms with Gasteiger partial charge in [0.05, 0.1) is 0 Å². The fraction of sp³-hybridized carbons (Fsp3) is 0.429. The SMILES string of the molecule is C[Si](C)(C)CC1C=CC=C1C1C=CC=C1. The maximum atomic E-state index is 2.46. The van der Waals surface area contributed by atoms with Crippen LogP contribution in [0.4, 0.5) is 0 Å². The predicted molar refractivity (Wildman–Crippen MR) is 70.6 cm³/mol. The van der Waals surface area contributed by atoms with Gasteiger partial charge in [-0.3, -0.25) is 0 Å². The molecule has 15 heavy (non-hydrogen) atoms. The van der Waals surface area contributed by atoms with Crippen molar-refractivity contribution < 1.29 is 0 Å². The van der Waals surface area contributed by atoms with Crippen molar-refractivity contribution in [3.8, 4) is 0 Å². The fourth-order valence-electron chi connectivity index (χ4n) is 2.39. The molecule has 0 radical (unpaired) electrons. The molecule has 0 N–H and O–H groups in total. The van der Waals surface area contributed by atoms with Gasteiger partial charge in [0.25, 0.3) is 0 Å². The first-order valence-electron chi connectivity index (χ1n) is 5.79. The highest BCUT2D eigenvalue weighted by atomic mass is 28.3. The van der Waals surface area contributed by atoms with Crippen LogP contribution in [-0.4, -0.2) is 8.07 Å². The van der Waals surface area contributed by atoms with E-state index in [1.807, 2.05) is 0 Å². The molecule has 1 unspecified atom stereocenters. The molecule has 0 fully saturated rings. The van der Waals surface area contributed by atoms with Crippen LogP contribution in [0.1, 0.15) is 0 Å². The third kappa shape index (κ3) is 2.60. The van der Waals surface area contributed by atoms with E-state index in [1.165, 1.54) is 6.04 Å². The first kappa shape index (κ1) is 10.7. The Morgan fingerprint density at radius 1 is 1.00 bits per heavy atom. The minimum absolute atomic E-state index is 0.571. The van der Waals surface area contributed by atoms with E-state index in [4.69, 9.17) is 0 Å². The molecule has 1 heteroatoms. The van der Waals surface area contributed by atoms with Crippen molar-refractivity contribution >= 4 is 8.07 Å². The molecule has 80 valence electrons. The highest BCUT2D eigenvalue weighted by Gasteiger charge is 2.26. The van der Waals surface area contributed by atoms with E-state index in [-0.39, 0.29) is 0 Å². The van der Waals surface area contributed by atoms with Crippen LogP contribution in [0.25, 0.3) is 0 Å². The van der Waals surface area contributed by atoms with Crippen LogP contribution in [0.2, 0.25) is 25.7 Å². The van der Waals surface area contributed by atoms with Gasteiger partial charge >= 0.3 is 0 Å². The average Bonchev–Trinajstić information content (AvgIpc) is 2.68. The molecule has 0 heterocycles. The van der Waals surface area contributed by atoms with Crippen LogP contribution < -0.4 is 0 Å². The van der Waals surface area contributed by atoms with Gasteiger partial charge in [0.1, 0.15) is 0 Å². The second-order valence-electron chi connectivity index (χ2n) is 5.72. The third-order valence-corrected chi connectivity index (χ3v) is 4.69. The Morgan fingerprint density at radius 2 is 1.67 bits per heavy atom. The summed E-state index contributed by atoms with van der Waals surface area (Å²) in [5.41, 5.74) is 1.60. The van der Waals surface area contributed by atoms with E-state index in [1.54, 1.807) is 5.57 Å². The topological polar surface area (TPSA) is 0 Å². The number of hydrogen-bond acceptors (Lipinski definition) is 0. The van der Waals surface area contributed by atoms with Gasteiger partial charge in [-0.1, -0.05) is 67.7 Å². The van der Waals surface area contributed by atoms with Crippen LogP contribution >= 0.6 is 0 Å².